The maximum atomic E-state index is 11.6. The molecule has 0 radical (unpaired) electrons. The summed E-state index contributed by atoms with van der Waals surface area (Å²) in [5, 5.41) is 0. The normalized spacial score (nSPS) is 11.8. The van der Waals surface area contributed by atoms with E-state index in [1.54, 1.807) is 0 Å². The van der Waals surface area contributed by atoms with Crippen LogP contribution in [0.4, 0.5) is 0 Å². The molecule has 0 spiro atoms. The molecule has 1 N–H and O–H groups in total. The van der Waals surface area contributed by atoms with Crippen molar-refractivity contribution in [3.05, 3.63) is 42.5 Å². The molecule has 0 aliphatic rings. The van der Waals surface area contributed by atoms with Crippen LogP contribution in [0.5, 0.6) is 5.75 Å². The number of hydrogen-bond acceptors (Lipinski definition) is 6. The molecule has 20 heavy (non-hydrogen) atoms. The fraction of sp³-hybridized carbons (Fsp3) is 0.182. The Labute approximate surface area is 117 Å². The molecule has 0 unspecified atom stereocenters. The van der Waals surface area contributed by atoms with Crippen LogP contribution in [0.25, 0.3) is 0 Å². The SMILES string of the molecule is C=CC(=O)Oc1cccc(CS(=O)(=O)NS(C)(=O)=O)c1. The van der Waals surface area contributed by atoms with Crippen molar-refractivity contribution < 1.29 is 26.4 Å². The first-order valence-electron chi connectivity index (χ1n) is 5.26. The summed E-state index contributed by atoms with van der Waals surface area (Å²) in [5.74, 6) is -1.10. The molecule has 9 heteroatoms. The van der Waals surface area contributed by atoms with Gasteiger partial charge in [-0.3, -0.25) is 0 Å². The molecule has 1 aromatic rings. The van der Waals surface area contributed by atoms with Gasteiger partial charge >= 0.3 is 5.97 Å². The molecular weight excluding hydrogens is 306 g/mol. The van der Waals surface area contributed by atoms with Gasteiger partial charge in [0.15, 0.2) is 0 Å². The van der Waals surface area contributed by atoms with Crippen molar-refractivity contribution in [3.8, 4) is 5.75 Å². The highest BCUT2D eigenvalue weighted by molar-refractivity contribution is 8.04. The molecule has 0 heterocycles. The van der Waals surface area contributed by atoms with Gasteiger partial charge < -0.3 is 4.74 Å². The molecule has 0 atom stereocenters. The smallest absolute Gasteiger partial charge is 0.335 e. The molecule has 1 aromatic carbocycles. The van der Waals surface area contributed by atoms with Gasteiger partial charge in [-0.1, -0.05) is 18.7 Å². The van der Waals surface area contributed by atoms with E-state index in [-0.39, 0.29) is 11.3 Å². The van der Waals surface area contributed by atoms with E-state index in [1.807, 2.05) is 0 Å². The molecule has 0 saturated heterocycles. The van der Waals surface area contributed by atoms with Crippen LogP contribution < -0.4 is 8.86 Å². The van der Waals surface area contributed by atoms with Crippen molar-refractivity contribution >= 4 is 26.0 Å². The van der Waals surface area contributed by atoms with Crippen LogP contribution in [-0.2, 0) is 30.6 Å². The predicted molar refractivity (Wildman–Crippen MR) is 72.9 cm³/mol. The molecular formula is C11H13NO6S2. The van der Waals surface area contributed by atoms with E-state index >= 15 is 0 Å². The minimum absolute atomic E-state index is 0.141. The summed E-state index contributed by atoms with van der Waals surface area (Å²) >= 11 is 0. The van der Waals surface area contributed by atoms with Crippen molar-refractivity contribution in [2.24, 2.45) is 0 Å². The molecule has 0 amide bonds. The van der Waals surface area contributed by atoms with E-state index in [0.29, 0.717) is 0 Å². The number of benzene rings is 1. The van der Waals surface area contributed by atoms with E-state index in [9.17, 15) is 21.6 Å². The average molecular weight is 319 g/mol. The van der Waals surface area contributed by atoms with E-state index < -0.39 is 31.8 Å². The van der Waals surface area contributed by atoms with Gasteiger partial charge in [-0.2, -0.15) is 0 Å². The van der Waals surface area contributed by atoms with Gasteiger partial charge in [0, 0.05) is 6.08 Å². The molecule has 7 nitrogen and oxygen atoms in total. The Morgan fingerprint density at radius 1 is 1.35 bits per heavy atom. The summed E-state index contributed by atoms with van der Waals surface area (Å²) in [6, 6.07) is 5.73. The Hall–Kier alpha value is -1.71. The van der Waals surface area contributed by atoms with Crippen LogP contribution in [0, 0.1) is 0 Å². The zero-order valence-corrected chi connectivity index (χ0v) is 12.2. The van der Waals surface area contributed by atoms with Gasteiger partial charge in [-0.25, -0.2) is 21.6 Å². The summed E-state index contributed by atoms with van der Waals surface area (Å²) in [4.78, 5) is 11.0. The Balaban J connectivity index is 2.91. The summed E-state index contributed by atoms with van der Waals surface area (Å²) in [6.45, 7) is 3.23. The number of sulfonamides is 2. The Bertz CT molecular complexity index is 721. The van der Waals surface area contributed by atoms with E-state index in [1.165, 1.54) is 28.4 Å². The number of nitrogens with one attached hydrogen (secondary N) is 1. The van der Waals surface area contributed by atoms with Gasteiger partial charge in [0.05, 0.1) is 12.0 Å². The van der Waals surface area contributed by atoms with Crippen LogP contribution in [0.1, 0.15) is 5.56 Å². The van der Waals surface area contributed by atoms with Crippen molar-refractivity contribution in [2.75, 3.05) is 6.26 Å². The van der Waals surface area contributed by atoms with E-state index in [2.05, 4.69) is 6.58 Å². The van der Waals surface area contributed by atoms with E-state index in [0.717, 1.165) is 12.3 Å². The number of carbonyl (C=O) groups is 1. The van der Waals surface area contributed by atoms with Crippen molar-refractivity contribution in [1.82, 2.24) is 4.13 Å². The molecule has 0 aromatic heterocycles. The number of carbonyl (C=O) groups excluding carboxylic acids is 1. The van der Waals surface area contributed by atoms with Gasteiger partial charge in [0.1, 0.15) is 5.75 Å². The first kappa shape index (κ1) is 16.3. The van der Waals surface area contributed by atoms with E-state index in [4.69, 9.17) is 4.74 Å². The third kappa shape index (κ3) is 5.95. The number of ether oxygens (including phenoxy) is 1. The highest BCUT2D eigenvalue weighted by atomic mass is 32.3. The second-order valence-electron chi connectivity index (χ2n) is 3.89. The molecule has 1 rings (SSSR count). The first-order valence-corrected chi connectivity index (χ1v) is 8.80. The maximum absolute atomic E-state index is 11.6. The summed E-state index contributed by atoms with van der Waals surface area (Å²) in [7, 11) is -7.91. The summed E-state index contributed by atoms with van der Waals surface area (Å²) < 4.78 is 51.4. The molecule has 110 valence electrons. The minimum atomic E-state index is -4.04. The molecule has 0 aliphatic carbocycles. The second-order valence-corrected chi connectivity index (χ2v) is 7.62. The molecule has 0 fully saturated rings. The van der Waals surface area contributed by atoms with Gasteiger partial charge in [-0.15, -0.1) is 4.13 Å². The lowest BCUT2D eigenvalue weighted by Gasteiger charge is -2.06. The third-order valence-corrected chi connectivity index (χ3v) is 4.86. The lowest BCUT2D eigenvalue weighted by molar-refractivity contribution is -0.128. The average Bonchev–Trinajstić information content (AvgIpc) is 2.25. The monoisotopic (exact) mass is 319 g/mol. The van der Waals surface area contributed by atoms with Crippen LogP contribution in [-0.4, -0.2) is 29.1 Å². The molecule has 0 bridgehead atoms. The fourth-order valence-electron chi connectivity index (χ4n) is 1.34. The largest absolute Gasteiger partial charge is 0.423 e. The van der Waals surface area contributed by atoms with Crippen LogP contribution >= 0.6 is 0 Å². The number of esters is 1. The van der Waals surface area contributed by atoms with Crippen molar-refractivity contribution in [3.63, 3.8) is 0 Å². The van der Waals surface area contributed by atoms with Crippen molar-refractivity contribution in [2.45, 2.75) is 5.75 Å². The molecule has 0 saturated carbocycles. The topological polar surface area (TPSA) is 107 Å². The predicted octanol–water partition coefficient (Wildman–Crippen LogP) is 0.157. The molecule has 0 aliphatic heterocycles. The lowest BCUT2D eigenvalue weighted by Crippen LogP contribution is -2.30. The van der Waals surface area contributed by atoms with Crippen LogP contribution in [0.3, 0.4) is 0 Å². The summed E-state index contributed by atoms with van der Waals surface area (Å²) in [6.07, 6.45) is 1.71. The zero-order chi connectivity index (χ0) is 15.4. The van der Waals surface area contributed by atoms with Crippen LogP contribution in [0.2, 0.25) is 0 Å². The standard InChI is InChI=1S/C11H13NO6S2/c1-3-11(13)18-10-6-4-5-9(7-10)8-20(16,17)12-19(2,14)15/h3-7,12H,1,8H2,2H3. The highest BCUT2D eigenvalue weighted by Crippen LogP contribution is 2.15. The third-order valence-electron chi connectivity index (χ3n) is 1.92. The Morgan fingerprint density at radius 3 is 2.55 bits per heavy atom. The zero-order valence-electron chi connectivity index (χ0n) is 10.6. The fourth-order valence-corrected chi connectivity index (χ4v) is 4.04. The highest BCUT2D eigenvalue weighted by Gasteiger charge is 2.17. The van der Waals surface area contributed by atoms with Gasteiger partial charge in [0.2, 0.25) is 20.0 Å². The Kier molecular flexibility index (Phi) is 5.03. The maximum Gasteiger partial charge on any atom is 0.335 e. The Morgan fingerprint density at radius 2 is 2.00 bits per heavy atom. The number of hydrogen-bond donors (Lipinski definition) is 1. The van der Waals surface area contributed by atoms with Crippen LogP contribution in [0.15, 0.2) is 36.9 Å². The number of rotatable bonds is 6. The quantitative estimate of drug-likeness (QED) is 0.455. The summed E-state index contributed by atoms with van der Waals surface area (Å²) in [5.41, 5.74) is 0.274. The van der Waals surface area contributed by atoms with Gasteiger partial charge in [0.25, 0.3) is 0 Å². The first-order chi connectivity index (χ1) is 9.11. The van der Waals surface area contributed by atoms with Crippen molar-refractivity contribution in [1.29, 1.82) is 0 Å². The second kappa shape index (κ2) is 6.16. The van der Waals surface area contributed by atoms with Gasteiger partial charge in [-0.05, 0) is 17.7 Å². The lowest BCUT2D eigenvalue weighted by atomic mass is 10.2. The minimum Gasteiger partial charge on any atom is -0.423 e.